The monoisotopic (exact) mass is 1030 g/mol. The van der Waals surface area contributed by atoms with Crippen molar-refractivity contribution in [3.8, 4) is 0 Å². The Kier molecular flexibility index (Phi) is 56.1. The Labute approximate surface area is 444 Å². The second-order valence-electron chi connectivity index (χ2n) is 20.2. The van der Waals surface area contributed by atoms with Gasteiger partial charge in [-0.2, -0.15) is 0 Å². The van der Waals surface area contributed by atoms with Crippen LogP contribution in [0, 0.1) is 0 Å². The topological polar surface area (TPSA) is 134 Å². The number of nitrogens with two attached hydrogens (primary N) is 1. The zero-order chi connectivity index (χ0) is 52.4. The van der Waals surface area contributed by atoms with Gasteiger partial charge in [0.05, 0.1) is 13.2 Å². The lowest BCUT2D eigenvalue weighted by atomic mass is 10.0. The van der Waals surface area contributed by atoms with Crippen LogP contribution in [0.15, 0.2) is 60.8 Å². The molecule has 0 aliphatic rings. The Morgan fingerprint density at radius 2 is 0.764 bits per heavy atom. The quantitative estimate of drug-likeness (QED) is 0.0264. The minimum atomic E-state index is -4.40. The third-order valence-electron chi connectivity index (χ3n) is 13.2. The van der Waals surface area contributed by atoms with Crippen LogP contribution in [-0.4, -0.2) is 49.3 Å². The van der Waals surface area contributed by atoms with Crippen molar-refractivity contribution in [2.45, 2.75) is 296 Å². The zero-order valence-electron chi connectivity index (χ0n) is 46.9. The van der Waals surface area contributed by atoms with Gasteiger partial charge in [0.15, 0.2) is 6.10 Å². The van der Waals surface area contributed by atoms with Gasteiger partial charge in [0.25, 0.3) is 0 Å². The zero-order valence-corrected chi connectivity index (χ0v) is 47.8. The highest BCUT2D eigenvalue weighted by Gasteiger charge is 2.26. The summed E-state index contributed by atoms with van der Waals surface area (Å²) in [6.45, 7) is 3.64. The van der Waals surface area contributed by atoms with Gasteiger partial charge < -0.3 is 20.1 Å². The first-order valence-electron chi connectivity index (χ1n) is 30.3. The molecule has 2 atom stereocenters. The van der Waals surface area contributed by atoms with E-state index in [-0.39, 0.29) is 38.6 Å². The molecule has 0 heterocycles. The molecule has 420 valence electrons. The first-order chi connectivity index (χ1) is 35.3. The largest absolute Gasteiger partial charge is 0.472 e. The van der Waals surface area contributed by atoms with E-state index in [1.54, 1.807) is 0 Å². The number of carbonyl (C=O) groups is 2. The standard InChI is InChI=1S/C62H114NO8P/c1-3-5-7-9-11-13-15-17-19-21-23-25-26-27-28-29-30-31-32-33-35-36-38-40-42-44-46-48-50-52-54-61(64)68-58-60(59-70-72(66,67)69-57-56-63)71-62(65)55-53-51-49-47-45-43-41-39-37-34-24-22-20-18-16-14-12-10-8-6-4-2/h6,8,12,14,18,20,24,34,39,41,60H,3-5,7,9-11,13,15-17,19,21-23,25-33,35-38,40,42-59,63H2,1-2H3,(H,66,67)/b8-6-,14-12-,20-18-,34-24-,41-39-. The minimum absolute atomic E-state index is 0.0486. The number of hydrogen-bond donors (Lipinski definition) is 2. The van der Waals surface area contributed by atoms with E-state index in [9.17, 15) is 19.0 Å². The van der Waals surface area contributed by atoms with Crippen LogP contribution < -0.4 is 5.73 Å². The van der Waals surface area contributed by atoms with Crippen molar-refractivity contribution in [1.82, 2.24) is 0 Å². The van der Waals surface area contributed by atoms with Crippen LogP contribution in [0.3, 0.4) is 0 Å². The molecule has 0 aliphatic heterocycles. The highest BCUT2D eigenvalue weighted by atomic mass is 31.2. The van der Waals surface area contributed by atoms with Crippen molar-refractivity contribution in [3.63, 3.8) is 0 Å². The van der Waals surface area contributed by atoms with Gasteiger partial charge in [-0.25, -0.2) is 4.57 Å². The lowest BCUT2D eigenvalue weighted by Gasteiger charge is -2.19. The van der Waals surface area contributed by atoms with Crippen molar-refractivity contribution < 1.29 is 37.6 Å². The normalized spacial score (nSPS) is 13.4. The summed E-state index contributed by atoms with van der Waals surface area (Å²) in [7, 11) is -4.40. The molecule has 72 heavy (non-hydrogen) atoms. The van der Waals surface area contributed by atoms with Gasteiger partial charge in [0.1, 0.15) is 6.61 Å². The fraction of sp³-hybridized carbons (Fsp3) is 0.806. The number of esters is 2. The average molecular weight is 1030 g/mol. The molecule has 0 bridgehead atoms. The molecule has 0 fully saturated rings. The predicted octanol–water partition coefficient (Wildman–Crippen LogP) is 19.1. The summed E-state index contributed by atoms with van der Waals surface area (Å²) in [4.78, 5) is 35.2. The Bertz CT molecular complexity index is 1360. The van der Waals surface area contributed by atoms with Gasteiger partial charge in [-0.3, -0.25) is 18.6 Å². The molecule has 0 amide bonds. The number of allylic oxidation sites excluding steroid dienone is 10. The fourth-order valence-electron chi connectivity index (χ4n) is 8.72. The maximum atomic E-state index is 12.7. The van der Waals surface area contributed by atoms with Gasteiger partial charge in [0.2, 0.25) is 0 Å². The molecule has 0 rings (SSSR count). The molecular formula is C62H114NO8P. The number of rotatable bonds is 57. The molecule has 9 nitrogen and oxygen atoms in total. The number of hydrogen-bond acceptors (Lipinski definition) is 8. The van der Waals surface area contributed by atoms with Crippen LogP contribution in [0.5, 0.6) is 0 Å². The van der Waals surface area contributed by atoms with E-state index in [4.69, 9.17) is 24.3 Å². The van der Waals surface area contributed by atoms with Crippen molar-refractivity contribution in [3.05, 3.63) is 60.8 Å². The van der Waals surface area contributed by atoms with Gasteiger partial charge >= 0.3 is 19.8 Å². The lowest BCUT2D eigenvalue weighted by molar-refractivity contribution is -0.161. The van der Waals surface area contributed by atoms with Gasteiger partial charge in [-0.15, -0.1) is 0 Å². The van der Waals surface area contributed by atoms with E-state index in [1.165, 1.54) is 173 Å². The summed E-state index contributed by atoms with van der Waals surface area (Å²) < 4.78 is 33.0. The maximum absolute atomic E-state index is 12.7. The predicted molar refractivity (Wildman–Crippen MR) is 307 cm³/mol. The Morgan fingerprint density at radius 3 is 1.14 bits per heavy atom. The van der Waals surface area contributed by atoms with Crippen LogP contribution in [0.4, 0.5) is 0 Å². The number of ether oxygens (including phenoxy) is 2. The van der Waals surface area contributed by atoms with Crippen LogP contribution in [-0.2, 0) is 32.7 Å². The summed E-state index contributed by atoms with van der Waals surface area (Å²) in [5, 5.41) is 0. The number of carbonyl (C=O) groups excluding carboxylic acids is 2. The highest BCUT2D eigenvalue weighted by Crippen LogP contribution is 2.43. The summed E-state index contributed by atoms with van der Waals surface area (Å²) in [6, 6.07) is 0. The van der Waals surface area contributed by atoms with Crippen LogP contribution in [0.25, 0.3) is 0 Å². The maximum Gasteiger partial charge on any atom is 0.472 e. The molecule has 0 saturated carbocycles. The average Bonchev–Trinajstić information content (AvgIpc) is 3.37. The SMILES string of the molecule is CC/C=C\C/C=C\C/C=C\C/C=C\C/C=C\CCCCCCCC(=O)OC(COC(=O)CCCCCCCCCCCCCCCCCCCCCCCCCCCCCCCC)COP(=O)(O)OCCN. The van der Waals surface area contributed by atoms with E-state index < -0.39 is 26.5 Å². The molecule has 0 aromatic carbocycles. The summed E-state index contributed by atoms with van der Waals surface area (Å²) in [6.07, 6.45) is 73.0. The first-order valence-corrected chi connectivity index (χ1v) is 31.8. The molecular weight excluding hydrogens is 918 g/mol. The highest BCUT2D eigenvalue weighted by molar-refractivity contribution is 7.47. The molecule has 2 unspecified atom stereocenters. The summed E-state index contributed by atoms with van der Waals surface area (Å²) in [5.41, 5.74) is 5.38. The van der Waals surface area contributed by atoms with Crippen LogP contribution in [0.2, 0.25) is 0 Å². The fourth-order valence-corrected chi connectivity index (χ4v) is 9.49. The Hall–Kier alpha value is -2.29. The molecule has 0 aliphatic carbocycles. The van der Waals surface area contributed by atoms with Crippen molar-refractivity contribution in [1.29, 1.82) is 0 Å². The molecule has 0 spiro atoms. The van der Waals surface area contributed by atoms with Crippen molar-refractivity contribution in [2.75, 3.05) is 26.4 Å². The molecule has 10 heteroatoms. The van der Waals surface area contributed by atoms with Gasteiger partial charge in [-0.1, -0.05) is 280 Å². The van der Waals surface area contributed by atoms with E-state index in [0.717, 1.165) is 83.5 Å². The smallest absolute Gasteiger partial charge is 0.462 e. The molecule has 0 aromatic heterocycles. The molecule has 0 aromatic rings. The summed E-state index contributed by atoms with van der Waals surface area (Å²) in [5.74, 6) is -0.840. The Balaban J connectivity index is 3.92. The van der Waals surface area contributed by atoms with Crippen LogP contribution >= 0.6 is 7.82 Å². The number of phosphoric acid groups is 1. The molecule has 0 saturated heterocycles. The molecule has 3 N–H and O–H groups in total. The van der Waals surface area contributed by atoms with E-state index in [0.29, 0.717) is 6.42 Å². The lowest BCUT2D eigenvalue weighted by Crippen LogP contribution is -2.29. The van der Waals surface area contributed by atoms with E-state index in [2.05, 4.69) is 74.6 Å². The van der Waals surface area contributed by atoms with Crippen molar-refractivity contribution in [2.24, 2.45) is 5.73 Å². The van der Waals surface area contributed by atoms with Gasteiger partial charge in [-0.05, 0) is 57.8 Å². The third-order valence-corrected chi connectivity index (χ3v) is 14.2. The van der Waals surface area contributed by atoms with E-state index in [1.807, 2.05) is 0 Å². The Morgan fingerprint density at radius 1 is 0.431 bits per heavy atom. The number of unbranched alkanes of at least 4 members (excludes halogenated alkanes) is 34. The van der Waals surface area contributed by atoms with Crippen molar-refractivity contribution >= 4 is 19.8 Å². The first kappa shape index (κ1) is 69.7. The van der Waals surface area contributed by atoms with Crippen LogP contribution in [0.1, 0.15) is 290 Å². The van der Waals surface area contributed by atoms with Gasteiger partial charge in [0, 0.05) is 19.4 Å². The summed E-state index contributed by atoms with van der Waals surface area (Å²) >= 11 is 0. The van der Waals surface area contributed by atoms with E-state index >= 15 is 0 Å². The number of phosphoric ester groups is 1. The second-order valence-corrected chi connectivity index (χ2v) is 21.7. The third kappa shape index (κ3) is 57.0. The molecule has 0 radical (unpaired) electrons. The second kappa shape index (κ2) is 58.0. The minimum Gasteiger partial charge on any atom is -0.462 e.